The number of carbonyl (C=O) groups is 2. The van der Waals surface area contributed by atoms with Crippen molar-refractivity contribution in [3.63, 3.8) is 0 Å². The summed E-state index contributed by atoms with van der Waals surface area (Å²) in [6.45, 7) is 8.81. The van der Waals surface area contributed by atoms with E-state index in [1.165, 1.54) is 64.2 Å². The van der Waals surface area contributed by atoms with E-state index in [1.807, 2.05) is 0 Å². The van der Waals surface area contributed by atoms with E-state index < -0.39 is 0 Å². The first kappa shape index (κ1) is 30.9. The Morgan fingerprint density at radius 2 is 1.15 bits per heavy atom. The molecule has 0 amide bonds. The van der Waals surface area contributed by atoms with Crippen molar-refractivity contribution in [2.75, 3.05) is 32.8 Å². The molecule has 0 atom stereocenters. The molecule has 5 nitrogen and oxygen atoms in total. The minimum Gasteiger partial charge on any atom is -0.466 e. The van der Waals surface area contributed by atoms with Crippen LogP contribution in [0.25, 0.3) is 0 Å². The molecule has 0 aromatic rings. The molecule has 0 aromatic carbocycles. The lowest BCUT2D eigenvalue weighted by Gasteiger charge is -2.16. The molecule has 5 heteroatoms. The van der Waals surface area contributed by atoms with Crippen molar-refractivity contribution in [2.45, 2.75) is 136 Å². The number of rotatable bonds is 23. The molecule has 1 aliphatic heterocycles. The van der Waals surface area contributed by atoms with Crippen LogP contribution >= 0.6 is 0 Å². The van der Waals surface area contributed by atoms with Crippen LogP contribution in [-0.2, 0) is 19.1 Å². The quantitative estimate of drug-likeness (QED) is 0.112. The minimum absolute atomic E-state index is 0.0301. The summed E-state index contributed by atoms with van der Waals surface area (Å²) >= 11 is 0. The molecule has 1 rings (SSSR count). The van der Waals surface area contributed by atoms with Crippen molar-refractivity contribution >= 4 is 11.9 Å². The second-order valence-corrected chi connectivity index (χ2v) is 10.3. The largest absolute Gasteiger partial charge is 0.466 e. The van der Waals surface area contributed by atoms with E-state index in [2.05, 4.69) is 18.7 Å². The first-order valence-corrected chi connectivity index (χ1v) is 14.7. The summed E-state index contributed by atoms with van der Waals surface area (Å²) in [7, 11) is 0. The first-order chi connectivity index (χ1) is 16.7. The maximum Gasteiger partial charge on any atom is 0.305 e. The zero-order chi connectivity index (χ0) is 24.7. The summed E-state index contributed by atoms with van der Waals surface area (Å²) in [5.41, 5.74) is 0. The van der Waals surface area contributed by atoms with E-state index in [0.29, 0.717) is 32.0 Å². The van der Waals surface area contributed by atoms with Gasteiger partial charge in [-0.3, -0.25) is 14.5 Å². The molecule has 0 bridgehead atoms. The Bertz CT molecular complexity index is 481. The fourth-order valence-electron chi connectivity index (χ4n) is 4.82. The third-order valence-electron chi connectivity index (χ3n) is 7.10. The van der Waals surface area contributed by atoms with Crippen molar-refractivity contribution in [1.82, 2.24) is 4.90 Å². The average molecular weight is 482 g/mol. The van der Waals surface area contributed by atoms with Gasteiger partial charge in [0, 0.05) is 19.4 Å². The first-order valence-electron chi connectivity index (χ1n) is 14.7. The SMILES string of the molecule is CCCCCC(CCCCC)CCOC(=O)CCCCCCCCC(=O)OCCN1CCCC1. The number of likely N-dealkylation sites (tertiary alicyclic amines) is 1. The van der Waals surface area contributed by atoms with E-state index in [0.717, 1.165) is 64.6 Å². The zero-order valence-electron chi connectivity index (χ0n) is 22.6. The van der Waals surface area contributed by atoms with E-state index in [9.17, 15) is 9.59 Å². The van der Waals surface area contributed by atoms with Gasteiger partial charge < -0.3 is 9.47 Å². The molecule has 1 aliphatic rings. The lowest BCUT2D eigenvalue weighted by molar-refractivity contribution is -0.145. The van der Waals surface area contributed by atoms with Gasteiger partial charge in [-0.05, 0) is 51.1 Å². The molecule has 1 heterocycles. The normalized spacial score (nSPS) is 14.1. The molecular formula is C29H55NO4. The smallest absolute Gasteiger partial charge is 0.305 e. The Labute approximate surface area is 210 Å². The van der Waals surface area contributed by atoms with Gasteiger partial charge in [-0.15, -0.1) is 0 Å². The van der Waals surface area contributed by atoms with Gasteiger partial charge in [0.1, 0.15) is 6.61 Å². The summed E-state index contributed by atoms with van der Waals surface area (Å²) in [6, 6.07) is 0. The van der Waals surface area contributed by atoms with Gasteiger partial charge in [-0.2, -0.15) is 0 Å². The Kier molecular flexibility index (Phi) is 20.3. The van der Waals surface area contributed by atoms with Crippen LogP contribution in [0.3, 0.4) is 0 Å². The van der Waals surface area contributed by atoms with Gasteiger partial charge in [0.25, 0.3) is 0 Å². The number of carbonyl (C=O) groups excluding carboxylic acids is 2. The minimum atomic E-state index is -0.0556. The molecule has 0 N–H and O–H groups in total. The fourth-order valence-corrected chi connectivity index (χ4v) is 4.82. The van der Waals surface area contributed by atoms with Crippen molar-refractivity contribution in [3.8, 4) is 0 Å². The van der Waals surface area contributed by atoms with Crippen LogP contribution in [0.1, 0.15) is 136 Å². The Hall–Kier alpha value is -1.10. The predicted molar refractivity (Wildman–Crippen MR) is 141 cm³/mol. The third-order valence-corrected chi connectivity index (χ3v) is 7.10. The zero-order valence-corrected chi connectivity index (χ0v) is 22.6. The molecule has 0 spiro atoms. The molecule has 34 heavy (non-hydrogen) atoms. The molecular weight excluding hydrogens is 426 g/mol. The van der Waals surface area contributed by atoms with Crippen LogP contribution in [-0.4, -0.2) is 49.7 Å². The number of hydrogen-bond acceptors (Lipinski definition) is 5. The second-order valence-electron chi connectivity index (χ2n) is 10.3. The van der Waals surface area contributed by atoms with Crippen molar-refractivity contribution in [1.29, 1.82) is 0 Å². The van der Waals surface area contributed by atoms with Gasteiger partial charge in [0.2, 0.25) is 0 Å². The van der Waals surface area contributed by atoms with Gasteiger partial charge >= 0.3 is 11.9 Å². The fraction of sp³-hybridized carbons (Fsp3) is 0.931. The average Bonchev–Trinajstić information content (AvgIpc) is 3.34. The van der Waals surface area contributed by atoms with E-state index in [4.69, 9.17) is 9.47 Å². The third kappa shape index (κ3) is 18.3. The molecule has 0 aromatic heterocycles. The van der Waals surface area contributed by atoms with Crippen LogP contribution in [0.4, 0.5) is 0 Å². The molecule has 0 radical (unpaired) electrons. The maximum atomic E-state index is 12.0. The lowest BCUT2D eigenvalue weighted by atomic mass is 9.92. The maximum absolute atomic E-state index is 12.0. The van der Waals surface area contributed by atoms with Crippen molar-refractivity contribution < 1.29 is 19.1 Å². The molecule has 1 saturated heterocycles. The van der Waals surface area contributed by atoms with Crippen molar-refractivity contribution in [3.05, 3.63) is 0 Å². The van der Waals surface area contributed by atoms with Crippen LogP contribution in [0.5, 0.6) is 0 Å². The Morgan fingerprint density at radius 1 is 0.647 bits per heavy atom. The topological polar surface area (TPSA) is 55.8 Å². The highest BCUT2D eigenvalue weighted by Gasteiger charge is 2.12. The highest BCUT2D eigenvalue weighted by atomic mass is 16.5. The van der Waals surface area contributed by atoms with Gasteiger partial charge in [0.05, 0.1) is 6.61 Å². The lowest BCUT2D eigenvalue weighted by Crippen LogP contribution is -2.25. The van der Waals surface area contributed by atoms with E-state index in [-0.39, 0.29) is 11.9 Å². The molecule has 1 fully saturated rings. The van der Waals surface area contributed by atoms with Gasteiger partial charge in [0.15, 0.2) is 0 Å². The summed E-state index contributed by atoms with van der Waals surface area (Å²) in [5, 5.41) is 0. The highest BCUT2D eigenvalue weighted by Crippen LogP contribution is 2.21. The Morgan fingerprint density at radius 3 is 1.68 bits per heavy atom. The van der Waals surface area contributed by atoms with E-state index in [1.54, 1.807) is 0 Å². The summed E-state index contributed by atoms with van der Waals surface area (Å²) < 4.78 is 10.9. The highest BCUT2D eigenvalue weighted by molar-refractivity contribution is 5.69. The molecule has 200 valence electrons. The van der Waals surface area contributed by atoms with Crippen LogP contribution < -0.4 is 0 Å². The molecule has 0 saturated carbocycles. The van der Waals surface area contributed by atoms with Gasteiger partial charge in [-0.25, -0.2) is 0 Å². The number of hydrogen-bond donors (Lipinski definition) is 0. The van der Waals surface area contributed by atoms with Gasteiger partial charge in [-0.1, -0.05) is 90.9 Å². The van der Waals surface area contributed by atoms with Crippen LogP contribution in [0.15, 0.2) is 0 Å². The van der Waals surface area contributed by atoms with Crippen LogP contribution in [0, 0.1) is 5.92 Å². The second kappa shape index (κ2) is 22.4. The van der Waals surface area contributed by atoms with Crippen molar-refractivity contribution in [2.24, 2.45) is 5.92 Å². The Balaban J connectivity index is 1.92. The number of esters is 2. The summed E-state index contributed by atoms with van der Waals surface area (Å²) in [6.07, 6.45) is 21.2. The predicted octanol–water partition coefficient (Wildman–Crippen LogP) is 7.46. The van der Waals surface area contributed by atoms with E-state index >= 15 is 0 Å². The molecule has 0 aliphatic carbocycles. The number of ether oxygens (including phenoxy) is 2. The monoisotopic (exact) mass is 481 g/mol. The summed E-state index contributed by atoms with van der Waals surface area (Å²) in [5.74, 6) is 0.630. The number of nitrogens with zero attached hydrogens (tertiary/aromatic N) is 1. The molecule has 0 unspecified atom stereocenters. The van der Waals surface area contributed by atoms with Crippen LogP contribution in [0.2, 0.25) is 0 Å². The summed E-state index contributed by atoms with van der Waals surface area (Å²) in [4.78, 5) is 26.2. The standard InChI is InChI=1S/C29H55NO4/c1-3-5-11-17-27(18-12-6-4-2)21-25-33-28(31)19-13-9-7-8-10-14-20-29(32)34-26-24-30-22-15-16-23-30/h27H,3-26H2,1-2H3. The number of unbranched alkanes of at least 4 members (excludes halogenated alkanes) is 9.